The minimum Gasteiger partial charge on any atom is -0.354 e. The molecule has 0 saturated heterocycles. The SMILES string of the molecule is CC(C)C(N=C1NS(=O)(=O)c2ccccc21)C(=O)NCCc1ccccn1. The molecule has 2 aromatic rings. The van der Waals surface area contributed by atoms with Crippen molar-refractivity contribution >= 4 is 21.8 Å². The summed E-state index contributed by atoms with van der Waals surface area (Å²) in [5.41, 5.74) is 1.38. The molecule has 2 N–H and O–H groups in total. The van der Waals surface area contributed by atoms with Gasteiger partial charge in [0.1, 0.15) is 11.9 Å². The number of fused-ring (bicyclic) bond motifs is 1. The third-order valence-corrected chi connectivity index (χ3v) is 5.63. The van der Waals surface area contributed by atoms with Gasteiger partial charge in [-0.3, -0.25) is 19.5 Å². The van der Waals surface area contributed by atoms with Crippen LogP contribution in [0.15, 0.2) is 58.5 Å². The first kappa shape index (κ1) is 19.0. The molecule has 0 fully saturated rings. The van der Waals surface area contributed by atoms with Crippen LogP contribution >= 0.6 is 0 Å². The molecule has 1 aliphatic heterocycles. The van der Waals surface area contributed by atoms with Gasteiger partial charge < -0.3 is 5.32 Å². The maximum absolute atomic E-state index is 12.6. The molecule has 3 rings (SSSR count). The van der Waals surface area contributed by atoms with Crippen LogP contribution in [0.1, 0.15) is 25.1 Å². The van der Waals surface area contributed by atoms with Gasteiger partial charge >= 0.3 is 0 Å². The zero-order chi connectivity index (χ0) is 19.4. The minimum absolute atomic E-state index is 0.0929. The molecule has 27 heavy (non-hydrogen) atoms. The maximum atomic E-state index is 12.6. The van der Waals surface area contributed by atoms with Gasteiger partial charge in [-0.15, -0.1) is 0 Å². The van der Waals surface area contributed by atoms with Crippen molar-refractivity contribution in [2.75, 3.05) is 6.54 Å². The van der Waals surface area contributed by atoms with E-state index in [-0.39, 0.29) is 22.6 Å². The molecule has 142 valence electrons. The quantitative estimate of drug-likeness (QED) is 0.786. The molecule has 8 heteroatoms. The first-order chi connectivity index (χ1) is 12.9. The summed E-state index contributed by atoms with van der Waals surface area (Å²) >= 11 is 0. The molecule has 0 radical (unpaired) electrons. The number of aliphatic imine (C=N–C) groups is 1. The predicted molar refractivity (Wildman–Crippen MR) is 103 cm³/mol. The van der Waals surface area contributed by atoms with Crippen molar-refractivity contribution in [3.63, 3.8) is 0 Å². The normalized spacial score (nSPS) is 17.4. The van der Waals surface area contributed by atoms with Crippen LogP contribution in [0.4, 0.5) is 0 Å². The zero-order valence-corrected chi connectivity index (χ0v) is 16.0. The first-order valence-corrected chi connectivity index (χ1v) is 10.2. The summed E-state index contributed by atoms with van der Waals surface area (Å²) in [5.74, 6) is -0.120. The Morgan fingerprint density at radius 1 is 1.19 bits per heavy atom. The summed E-state index contributed by atoms with van der Waals surface area (Å²) in [6.07, 6.45) is 2.33. The molecule has 0 bridgehead atoms. The van der Waals surface area contributed by atoms with Gasteiger partial charge in [0.05, 0.1) is 4.90 Å². The van der Waals surface area contributed by atoms with E-state index in [1.54, 1.807) is 24.4 Å². The van der Waals surface area contributed by atoms with Gasteiger partial charge in [0.25, 0.3) is 10.0 Å². The van der Waals surface area contributed by atoms with E-state index >= 15 is 0 Å². The Morgan fingerprint density at radius 3 is 2.63 bits per heavy atom. The molecule has 1 aromatic carbocycles. The van der Waals surface area contributed by atoms with Crippen LogP contribution in [0.2, 0.25) is 0 Å². The number of rotatable bonds is 6. The Kier molecular flexibility index (Phi) is 5.55. The Morgan fingerprint density at radius 2 is 1.93 bits per heavy atom. The molecule has 0 saturated carbocycles. The van der Waals surface area contributed by atoms with Crippen molar-refractivity contribution in [3.05, 3.63) is 59.9 Å². The third kappa shape index (κ3) is 4.33. The number of amides is 1. The molecular formula is C19H22N4O3S. The van der Waals surface area contributed by atoms with Crippen LogP contribution in [0, 0.1) is 5.92 Å². The number of nitrogens with one attached hydrogen (secondary N) is 2. The number of amidine groups is 1. The standard InChI is InChI=1S/C19H22N4O3S/c1-13(2)17(19(24)21-12-10-14-7-5-6-11-20-14)22-18-15-8-3-4-9-16(15)27(25,26)23-18/h3-9,11,13,17H,10,12H2,1-2H3,(H,21,24)(H,22,23). The molecule has 1 atom stereocenters. The lowest BCUT2D eigenvalue weighted by molar-refractivity contribution is -0.123. The van der Waals surface area contributed by atoms with Gasteiger partial charge in [-0.05, 0) is 30.2 Å². The third-order valence-electron chi connectivity index (χ3n) is 4.24. The van der Waals surface area contributed by atoms with E-state index in [1.165, 1.54) is 6.07 Å². The second-order valence-electron chi connectivity index (χ2n) is 6.63. The van der Waals surface area contributed by atoms with Crippen molar-refractivity contribution in [2.24, 2.45) is 10.9 Å². The minimum atomic E-state index is -3.63. The van der Waals surface area contributed by atoms with E-state index < -0.39 is 16.1 Å². The van der Waals surface area contributed by atoms with E-state index in [1.807, 2.05) is 32.0 Å². The maximum Gasteiger partial charge on any atom is 0.263 e. The largest absolute Gasteiger partial charge is 0.354 e. The summed E-state index contributed by atoms with van der Waals surface area (Å²) in [6, 6.07) is 11.6. The fourth-order valence-corrected chi connectivity index (χ4v) is 4.08. The summed E-state index contributed by atoms with van der Waals surface area (Å²) in [4.78, 5) is 21.5. The number of sulfonamides is 1. The van der Waals surface area contributed by atoms with E-state index in [9.17, 15) is 13.2 Å². The lowest BCUT2D eigenvalue weighted by Gasteiger charge is -2.17. The Labute approximate surface area is 159 Å². The first-order valence-electron chi connectivity index (χ1n) is 8.76. The number of nitrogens with zero attached hydrogens (tertiary/aromatic N) is 2. The second-order valence-corrected chi connectivity index (χ2v) is 8.28. The summed E-state index contributed by atoms with van der Waals surface area (Å²) in [7, 11) is -3.63. The van der Waals surface area contributed by atoms with Crippen LogP contribution < -0.4 is 10.0 Å². The highest BCUT2D eigenvalue weighted by Crippen LogP contribution is 2.23. The Bertz CT molecular complexity index is 956. The van der Waals surface area contributed by atoms with Gasteiger partial charge in [-0.1, -0.05) is 32.0 Å². The molecule has 1 aliphatic rings. The number of hydrogen-bond donors (Lipinski definition) is 2. The summed E-state index contributed by atoms with van der Waals surface area (Å²) in [6.45, 7) is 4.19. The monoisotopic (exact) mass is 386 g/mol. The molecular weight excluding hydrogens is 364 g/mol. The van der Waals surface area contributed by atoms with Gasteiger partial charge in [-0.2, -0.15) is 0 Å². The average Bonchev–Trinajstić information content (AvgIpc) is 2.91. The number of hydrogen-bond acceptors (Lipinski definition) is 5. The van der Waals surface area contributed by atoms with Gasteiger partial charge in [0, 0.05) is 30.4 Å². The molecule has 1 amide bonds. The van der Waals surface area contributed by atoms with Crippen LogP contribution in [0.5, 0.6) is 0 Å². The number of carbonyl (C=O) groups is 1. The second kappa shape index (κ2) is 7.87. The van der Waals surface area contributed by atoms with Gasteiger partial charge in [0.15, 0.2) is 0 Å². The lowest BCUT2D eigenvalue weighted by atomic mass is 10.0. The molecule has 0 aliphatic carbocycles. The predicted octanol–water partition coefficient (Wildman–Crippen LogP) is 1.50. The molecule has 7 nitrogen and oxygen atoms in total. The fourth-order valence-electron chi connectivity index (χ4n) is 2.84. The highest BCUT2D eigenvalue weighted by atomic mass is 32.2. The summed E-state index contributed by atoms with van der Waals surface area (Å²) < 4.78 is 26.9. The van der Waals surface area contributed by atoms with Crippen molar-refractivity contribution in [3.8, 4) is 0 Å². The highest BCUT2D eigenvalue weighted by Gasteiger charge is 2.32. The van der Waals surface area contributed by atoms with Crippen molar-refractivity contribution in [1.29, 1.82) is 0 Å². The number of benzene rings is 1. The molecule has 1 unspecified atom stereocenters. The van der Waals surface area contributed by atoms with Crippen LogP contribution in [0.3, 0.4) is 0 Å². The van der Waals surface area contributed by atoms with Crippen LogP contribution in [-0.4, -0.2) is 37.7 Å². The van der Waals surface area contributed by atoms with E-state index in [4.69, 9.17) is 0 Å². The van der Waals surface area contributed by atoms with Crippen LogP contribution in [0.25, 0.3) is 0 Å². The van der Waals surface area contributed by atoms with Gasteiger partial charge in [0.2, 0.25) is 5.91 Å². The number of aromatic nitrogens is 1. The smallest absolute Gasteiger partial charge is 0.263 e. The molecule has 0 spiro atoms. The van der Waals surface area contributed by atoms with E-state index in [2.05, 4.69) is 20.0 Å². The van der Waals surface area contributed by atoms with Crippen LogP contribution in [-0.2, 0) is 21.2 Å². The fraction of sp³-hybridized carbons (Fsp3) is 0.316. The topological polar surface area (TPSA) is 101 Å². The summed E-state index contributed by atoms with van der Waals surface area (Å²) in [5, 5.41) is 2.87. The molecule has 2 heterocycles. The molecule has 1 aromatic heterocycles. The average molecular weight is 386 g/mol. The number of carbonyl (C=O) groups excluding carboxylic acids is 1. The van der Waals surface area contributed by atoms with Gasteiger partial charge in [-0.25, -0.2) is 8.42 Å². The van der Waals surface area contributed by atoms with Crippen molar-refractivity contribution in [2.45, 2.75) is 31.2 Å². The van der Waals surface area contributed by atoms with Crippen molar-refractivity contribution in [1.82, 2.24) is 15.0 Å². The Balaban J connectivity index is 1.74. The Hall–Kier alpha value is -2.74. The number of pyridine rings is 1. The van der Waals surface area contributed by atoms with E-state index in [0.717, 1.165) is 5.69 Å². The zero-order valence-electron chi connectivity index (χ0n) is 15.2. The highest BCUT2D eigenvalue weighted by molar-refractivity contribution is 7.90. The lowest BCUT2D eigenvalue weighted by Crippen LogP contribution is -2.39. The van der Waals surface area contributed by atoms with E-state index in [0.29, 0.717) is 18.5 Å². The van der Waals surface area contributed by atoms with Crippen molar-refractivity contribution < 1.29 is 13.2 Å².